The number of hydrogen-bond acceptors (Lipinski definition) is 4. The van der Waals surface area contributed by atoms with Crippen LogP contribution in [0.2, 0.25) is 0 Å². The summed E-state index contributed by atoms with van der Waals surface area (Å²) < 4.78 is 11.8. The zero-order valence-electron chi connectivity index (χ0n) is 20.2. The van der Waals surface area contributed by atoms with E-state index in [9.17, 15) is 0 Å². The zero-order valence-corrected chi connectivity index (χ0v) is 20.2. The maximum Gasteiger partial charge on any atom is 0.125 e. The quantitative estimate of drug-likeness (QED) is 0.128. The van der Waals surface area contributed by atoms with E-state index in [0.717, 1.165) is 47.6 Å². The number of ether oxygens (including phenoxy) is 2. The van der Waals surface area contributed by atoms with Crippen molar-refractivity contribution in [2.24, 2.45) is 5.16 Å². The molecule has 0 amide bonds. The maximum absolute atomic E-state index is 6.08. The third kappa shape index (κ3) is 9.59. The summed E-state index contributed by atoms with van der Waals surface area (Å²) >= 11 is 0. The lowest BCUT2D eigenvalue weighted by atomic mass is 10.0. The predicted molar refractivity (Wildman–Crippen MR) is 134 cm³/mol. The van der Waals surface area contributed by atoms with Gasteiger partial charge in [0.1, 0.15) is 25.2 Å². The number of aryl methyl sites for hydroxylation is 3. The van der Waals surface area contributed by atoms with Gasteiger partial charge in [0.15, 0.2) is 0 Å². The Morgan fingerprint density at radius 2 is 1.59 bits per heavy atom. The van der Waals surface area contributed by atoms with Gasteiger partial charge in [-0.2, -0.15) is 0 Å². The molecule has 174 valence electrons. The fraction of sp³-hybridized carbons (Fsp3) is 0.464. The minimum Gasteiger partial charge on any atom is -0.493 e. The van der Waals surface area contributed by atoms with Crippen LogP contribution in [0.15, 0.2) is 53.7 Å². The topological polar surface area (TPSA) is 40.0 Å². The molecule has 0 saturated carbocycles. The van der Waals surface area contributed by atoms with Crippen molar-refractivity contribution >= 4 is 6.21 Å². The molecule has 0 spiro atoms. The first-order valence-electron chi connectivity index (χ1n) is 11.8. The Morgan fingerprint density at radius 3 is 2.31 bits per heavy atom. The van der Waals surface area contributed by atoms with Gasteiger partial charge in [-0.1, -0.05) is 67.3 Å². The van der Waals surface area contributed by atoms with Gasteiger partial charge in [-0.05, 0) is 74.4 Å². The van der Waals surface area contributed by atoms with E-state index in [0.29, 0.717) is 6.61 Å². The molecule has 0 saturated heterocycles. The molecule has 0 atom stereocenters. The van der Waals surface area contributed by atoms with Crippen LogP contribution < -0.4 is 9.47 Å². The first-order chi connectivity index (χ1) is 15.6. The van der Waals surface area contributed by atoms with Crippen LogP contribution in [0.3, 0.4) is 0 Å². The minimum atomic E-state index is 0.602. The van der Waals surface area contributed by atoms with Crippen molar-refractivity contribution in [3.63, 3.8) is 0 Å². The molecule has 0 heterocycles. The number of allylic oxidation sites excluding steroid dienone is 1. The van der Waals surface area contributed by atoms with E-state index in [1.165, 1.54) is 37.7 Å². The lowest BCUT2D eigenvalue weighted by Crippen LogP contribution is -2.02. The summed E-state index contributed by atoms with van der Waals surface area (Å²) in [6.07, 6.45) is 14.2. The second kappa shape index (κ2) is 15.1. The molecule has 2 aromatic carbocycles. The van der Waals surface area contributed by atoms with Crippen molar-refractivity contribution in [2.75, 3.05) is 20.3 Å². The van der Waals surface area contributed by atoms with Crippen molar-refractivity contribution in [3.8, 4) is 11.5 Å². The highest BCUT2D eigenvalue weighted by Gasteiger charge is 2.07. The van der Waals surface area contributed by atoms with Gasteiger partial charge in [0.05, 0.1) is 12.8 Å². The second-order valence-electron chi connectivity index (χ2n) is 8.15. The van der Waals surface area contributed by atoms with E-state index in [1.807, 2.05) is 25.1 Å². The van der Waals surface area contributed by atoms with Gasteiger partial charge >= 0.3 is 0 Å². The summed E-state index contributed by atoms with van der Waals surface area (Å²) in [6, 6.07) is 12.6. The number of hydrogen-bond donors (Lipinski definition) is 0. The monoisotopic (exact) mass is 437 g/mol. The normalized spacial score (nSPS) is 11.4. The van der Waals surface area contributed by atoms with Gasteiger partial charge in [-0.25, -0.2) is 0 Å². The highest BCUT2D eigenvalue weighted by atomic mass is 16.6. The van der Waals surface area contributed by atoms with Gasteiger partial charge in [-0.3, -0.25) is 0 Å². The number of oxime groups is 1. The first kappa shape index (κ1) is 25.5. The summed E-state index contributed by atoms with van der Waals surface area (Å²) in [5.41, 5.74) is 4.73. The minimum absolute atomic E-state index is 0.602. The molecular formula is C28H39NO3. The molecule has 0 fully saturated rings. The molecule has 0 aromatic heterocycles. The maximum atomic E-state index is 6.08. The average Bonchev–Trinajstić information content (AvgIpc) is 2.78. The summed E-state index contributed by atoms with van der Waals surface area (Å²) in [5, 5.41) is 3.83. The standard InChI is InChI=1S/C28H39NO3/c1-5-6-17-31-27-19-23(2)28(24(3)20-27)32-18-12-10-8-7-9-11-14-25-15-13-16-26(21-25)22-29-30-4/h5-6,13,15-16,19-22H,7-12,14,17-18H2,1-4H3/b6-5+,29-22+. The van der Waals surface area contributed by atoms with Crippen molar-refractivity contribution < 1.29 is 14.3 Å². The van der Waals surface area contributed by atoms with Crippen molar-refractivity contribution in [1.29, 1.82) is 0 Å². The van der Waals surface area contributed by atoms with Gasteiger partial charge in [0, 0.05) is 0 Å². The van der Waals surface area contributed by atoms with Crippen LogP contribution >= 0.6 is 0 Å². The predicted octanol–water partition coefficient (Wildman–Crippen LogP) is 7.20. The Labute approximate surface area is 194 Å². The van der Waals surface area contributed by atoms with Crippen LogP contribution in [0.4, 0.5) is 0 Å². The third-order valence-corrected chi connectivity index (χ3v) is 5.38. The van der Waals surface area contributed by atoms with Crippen molar-refractivity contribution in [3.05, 3.63) is 70.8 Å². The average molecular weight is 438 g/mol. The van der Waals surface area contributed by atoms with Gasteiger partial charge in [0.25, 0.3) is 0 Å². The Hall–Kier alpha value is -2.75. The van der Waals surface area contributed by atoms with Gasteiger partial charge in [-0.15, -0.1) is 0 Å². The lowest BCUT2D eigenvalue weighted by Gasteiger charge is -2.14. The molecule has 0 N–H and O–H groups in total. The lowest BCUT2D eigenvalue weighted by molar-refractivity contribution is 0.215. The fourth-order valence-corrected chi connectivity index (χ4v) is 3.72. The number of benzene rings is 2. The van der Waals surface area contributed by atoms with Crippen molar-refractivity contribution in [2.45, 2.75) is 65.7 Å². The molecule has 0 aliphatic rings. The number of rotatable bonds is 15. The molecule has 0 bridgehead atoms. The highest BCUT2D eigenvalue weighted by molar-refractivity contribution is 5.79. The number of nitrogens with zero attached hydrogens (tertiary/aromatic N) is 1. The van der Waals surface area contributed by atoms with Gasteiger partial charge < -0.3 is 14.3 Å². The largest absolute Gasteiger partial charge is 0.493 e. The Morgan fingerprint density at radius 1 is 0.875 bits per heavy atom. The highest BCUT2D eigenvalue weighted by Crippen LogP contribution is 2.28. The summed E-state index contributed by atoms with van der Waals surface area (Å²) in [4.78, 5) is 4.75. The molecule has 4 nitrogen and oxygen atoms in total. The van der Waals surface area contributed by atoms with Crippen molar-refractivity contribution in [1.82, 2.24) is 0 Å². The summed E-state index contributed by atoms with van der Waals surface area (Å²) in [7, 11) is 1.56. The van der Waals surface area contributed by atoms with Crippen LogP contribution in [0, 0.1) is 13.8 Å². The molecule has 0 radical (unpaired) electrons. The van der Waals surface area contributed by atoms with E-state index in [2.05, 4.69) is 49.3 Å². The molecule has 0 aliphatic carbocycles. The molecular weight excluding hydrogens is 398 g/mol. The van der Waals surface area contributed by atoms with Crippen LogP contribution in [0.5, 0.6) is 11.5 Å². The van der Waals surface area contributed by atoms with E-state index in [-0.39, 0.29) is 0 Å². The summed E-state index contributed by atoms with van der Waals surface area (Å²) in [5.74, 6) is 1.90. The Kier molecular flexibility index (Phi) is 12.1. The third-order valence-electron chi connectivity index (χ3n) is 5.38. The zero-order chi connectivity index (χ0) is 23.0. The summed E-state index contributed by atoms with van der Waals surface area (Å²) in [6.45, 7) is 7.55. The second-order valence-corrected chi connectivity index (χ2v) is 8.15. The van der Waals surface area contributed by atoms with E-state index in [1.54, 1.807) is 13.3 Å². The van der Waals surface area contributed by atoms with Crippen LogP contribution in [-0.4, -0.2) is 26.5 Å². The molecule has 0 aliphatic heterocycles. The first-order valence-corrected chi connectivity index (χ1v) is 11.8. The SMILES string of the molecule is C/C=C/COc1cc(C)c(OCCCCCCCCc2cccc(/C=N/OC)c2)c(C)c1. The van der Waals surface area contributed by atoms with Crippen LogP contribution in [0.1, 0.15) is 67.7 Å². The Balaban J connectivity index is 1.58. The fourth-order valence-electron chi connectivity index (χ4n) is 3.72. The van der Waals surface area contributed by atoms with E-state index in [4.69, 9.17) is 14.3 Å². The molecule has 4 heteroatoms. The molecule has 2 rings (SSSR count). The smallest absolute Gasteiger partial charge is 0.125 e. The van der Waals surface area contributed by atoms with Crippen LogP contribution in [0.25, 0.3) is 0 Å². The molecule has 2 aromatic rings. The molecule has 0 unspecified atom stereocenters. The number of unbranched alkanes of at least 4 members (excludes halogenated alkanes) is 5. The van der Waals surface area contributed by atoms with E-state index < -0.39 is 0 Å². The van der Waals surface area contributed by atoms with Crippen LogP contribution in [-0.2, 0) is 11.3 Å². The Bertz CT molecular complexity index is 835. The molecule has 32 heavy (non-hydrogen) atoms. The van der Waals surface area contributed by atoms with E-state index >= 15 is 0 Å². The van der Waals surface area contributed by atoms with Gasteiger partial charge in [0.2, 0.25) is 0 Å².